The van der Waals surface area contributed by atoms with Crippen LogP contribution in [0.25, 0.3) is 0 Å². The lowest BCUT2D eigenvalue weighted by Crippen LogP contribution is -2.38. The van der Waals surface area contributed by atoms with Crippen molar-refractivity contribution >= 4 is 11.7 Å². The predicted molar refractivity (Wildman–Crippen MR) is 87.0 cm³/mol. The number of benzene rings is 1. The molecule has 2 aliphatic rings. The number of anilines is 1. The molecule has 2 heterocycles. The van der Waals surface area contributed by atoms with Gasteiger partial charge in [-0.25, -0.2) is 9.78 Å². The van der Waals surface area contributed by atoms with Crippen molar-refractivity contribution in [3.05, 3.63) is 42.0 Å². The summed E-state index contributed by atoms with van der Waals surface area (Å²) in [6.45, 7) is 3.34. The van der Waals surface area contributed by atoms with Crippen LogP contribution in [0.15, 0.2) is 30.7 Å². The highest BCUT2D eigenvalue weighted by atomic mass is 16.5. The number of carbonyl (C=O) groups excluding carboxylic acids is 1. The number of H-pyrrole nitrogens is 1. The molecule has 1 fully saturated rings. The molecule has 120 valence electrons. The molecule has 0 radical (unpaired) electrons. The number of hydrogen-bond donors (Lipinski definition) is 2. The maximum Gasteiger partial charge on any atom is 0.321 e. The van der Waals surface area contributed by atoms with Crippen molar-refractivity contribution in [2.24, 2.45) is 5.92 Å². The van der Waals surface area contributed by atoms with E-state index in [4.69, 9.17) is 4.74 Å². The van der Waals surface area contributed by atoms with Gasteiger partial charge in [0.2, 0.25) is 0 Å². The Morgan fingerprint density at radius 3 is 3.04 bits per heavy atom. The van der Waals surface area contributed by atoms with E-state index in [1.54, 1.807) is 18.3 Å². The van der Waals surface area contributed by atoms with E-state index in [1.165, 1.54) is 11.3 Å². The van der Waals surface area contributed by atoms with Crippen LogP contribution in [0, 0.1) is 5.92 Å². The van der Waals surface area contributed by atoms with Gasteiger partial charge in [-0.05, 0) is 25.1 Å². The molecule has 0 saturated heterocycles. The molecule has 23 heavy (non-hydrogen) atoms. The van der Waals surface area contributed by atoms with Crippen LogP contribution in [0.2, 0.25) is 0 Å². The van der Waals surface area contributed by atoms with E-state index < -0.39 is 0 Å². The van der Waals surface area contributed by atoms with Gasteiger partial charge < -0.3 is 15.0 Å². The fourth-order valence-corrected chi connectivity index (χ4v) is 3.74. The van der Waals surface area contributed by atoms with Gasteiger partial charge >= 0.3 is 6.03 Å². The standard InChI is InChI=1S/C17H20N4O2/c1-3-21(17(22)18-2)10-4-5-14-11(6-10)15-12(8-23-14)16(15)13-7-19-9-20-13/h4-7,9,12,15-16H,3,8H2,1-2H3,(H,18,22)(H,19,20)/t12-,15+,16-/m0/s1. The third-order valence-electron chi connectivity index (χ3n) is 4.92. The molecule has 1 saturated carbocycles. The first kappa shape index (κ1) is 14.1. The van der Waals surface area contributed by atoms with Crippen LogP contribution in [-0.4, -0.2) is 36.2 Å². The van der Waals surface area contributed by atoms with E-state index in [0.29, 0.717) is 24.3 Å². The zero-order valence-electron chi connectivity index (χ0n) is 13.2. The minimum Gasteiger partial charge on any atom is -0.493 e. The second-order valence-corrected chi connectivity index (χ2v) is 6.05. The van der Waals surface area contributed by atoms with E-state index in [0.717, 1.165) is 18.0 Å². The predicted octanol–water partition coefficient (Wildman–Crippen LogP) is 2.46. The van der Waals surface area contributed by atoms with Crippen molar-refractivity contribution in [3.8, 4) is 5.75 Å². The van der Waals surface area contributed by atoms with Crippen molar-refractivity contribution in [3.63, 3.8) is 0 Å². The van der Waals surface area contributed by atoms with Crippen LogP contribution >= 0.6 is 0 Å². The number of carbonyl (C=O) groups is 1. The maximum atomic E-state index is 12.0. The van der Waals surface area contributed by atoms with E-state index in [9.17, 15) is 4.79 Å². The fourth-order valence-electron chi connectivity index (χ4n) is 3.74. The molecule has 1 aliphatic carbocycles. The molecule has 6 nitrogen and oxygen atoms in total. The van der Waals surface area contributed by atoms with Crippen LogP contribution in [0.1, 0.15) is 30.0 Å². The van der Waals surface area contributed by atoms with Crippen molar-refractivity contribution in [1.82, 2.24) is 15.3 Å². The minimum atomic E-state index is -0.0957. The molecule has 2 aromatic rings. The third-order valence-corrected chi connectivity index (χ3v) is 4.92. The average Bonchev–Trinajstić information content (AvgIpc) is 3.08. The monoisotopic (exact) mass is 312 g/mol. The summed E-state index contributed by atoms with van der Waals surface area (Å²) in [5.41, 5.74) is 3.27. The van der Waals surface area contributed by atoms with Crippen LogP contribution in [0.4, 0.5) is 10.5 Å². The van der Waals surface area contributed by atoms with Crippen molar-refractivity contribution < 1.29 is 9.53 Å². The molecule has 6 heteroatoms. The number of hydrogen-bond acceptors (Lipinski definition) is 3. The minimum absolute atomic E-state index is 0.0957. The zero-order chi connectivity index (χ0) is 16.0. The number of urea groups is 1. The number of ether oxygens (including phenoxy) is 1. The van der Waals surface area contributed by atoms with Gasteiger partial charge in [-0.15, -0.1) is 0 Å². The second kappa shape index (κ2) is 5.30. The van der Waals surface area contributed by atoms with E-state index >= 15 is 0 Å². The van der Waals surface area contributed by atoms with Gasteiger partial charge in [0.25, 0.3) is 0 Å². The molecule has 0 spiro atoms. The van der Waals surface area contributed by atoms with E-state index in [2.05, 4.69) is 21.4 Å². The summed E-state index contributed by atoms with van der Waals surface area (Å²) in [6.07, 6.45) is 3.62. The molecular formula is C17H20N4O2. The largest absolute Gasteiger partial charge is 0.493 e. The molecule has 1 aliphatic heterocycles. The van der Waals surface area contributed by atoms with Crippen LogP contribution in [0.5, 0.6) is 5.75 Å². The summed E-state index contributed by atoms with van der Waals surface area (Å²) < 4.78 is 5.91. The summed E-state index contributed by atoms with van der Waals surface area (Å²) in [6, 6.07) is 5.93. The van der Waals surface area contributed by atoms with Gasteiger partial charge in [0.15, 0.2) is 0 Å². The summed E-state index contributed by atoms with van der Waals surface area (Å²) >= 11 is 0. The Morgan fingerprint density at radius 1 is 1.48 bits per heavy atom. The lowest BCUT2D eigenvalue weighted by molar-refractivity contribution is 0.248. The number of imidazole rings is 1. The SMILES string of the molecule is CCN(C(=O)NC)c1ccc2c(c1)[C@@H]1[C@H](CO2)[C@H]1c1cnc[nH]1. The Balaban J connectivity index is 1.68. The molecule has 1 aromatic carbocycles. The quantitative estimate of drug-likeness (QED) is 0.914. The van der Waals surface area contributed by atoms with E-state index in [1.807, 2.05) is 25.3 Å². The van der Waals surface area contributed by atoms with Crippen LogP contribution in [-0.2, 0) is 0 Å². The first-order valence-corrected chi connectivity index (χ1v) is 7.98. The number of aromatic amines is 1. The van der Waals surface area contributed by atoms with Gasteiger partial charge in [0.05, 0.1) is 12.9 Å². The normalized spacial score (nSPS) is 24.2. The van der Waals surface area contributed by atoms with Gasteiger partial charge in [-0.2, -0.15) is 0 Å². The van der Waals surface area contributed by atoms with Gasteiger partial charge in [-0.1, -0.05) is 0 Å². The van der Waals surface area contributed by atoms with Crippen LogP contribution < -0.4 is 15.0 Å². The molecule has 0 bridgehead atoms. The van der Waals surface area contributed by atoms with E-state index in [-0.39, 0.29) is 6.03 Å². The summed E-state index contributed by atoms with van der Waals surface area (Å²) in [5.74, 6) is 2.31. The van der Waals surface area contributed by atoms with Crippen LogP contribution in [0.3, 0.4) is 0 Å². The molecule has 0 unspecified atom stereocenters. The number of aromatic nitrogens is 2. The maximum absolute atomic E-state index is 12.0. The number of amides is 2. The fraction of sp³-hybridized carbons (Fsp3) is 0.412. The topological polar surface area (TPSA) is 70.2 Å². The summed E-state index contributed by atoms with van der Waals surface area (Å²) in [5, 5.41) is 2.69. The molecule has 2 amide bonds. The van der Waals surface area contributed by atoms with Gasteiger partial charge in [0, 0.05) is 54.5 Å². The lowest BCUT2D eigenvalue weighted by atomic mass is 10.0. The average molecular weight is 312 g/mol. The molecule has 3 atom stereocenters. The first-order chi connectivity index (χ1) is 11.2. The molecule has 1 aromatic heterocycles. The highest BCUT2D eigenvalue weighted by molar-refractivity contribution is 5.92. The number of nitrogens with one attached hydrogen (secondary N) is 2. The van der Waals surface area contributed by atoms with Crippen molar-refractivity contribution in [1.29, 1.82) is 0 Å². The Bertz CT molecular complexity index is 728. The van der Waals surface area contributed by atoms with Gasteiger partial charge in [-0.3, -0.25) is 4.90 Å². The Hall–Kier alpha value is -2.50. The Morgan fingerprint density at radius 2 is 2.35 bits per heavy atom. The third kappa shape index (κ3) is 2.17. The second-order valence-electron chi connectivity index (χ2n) is 6.05. The lowest BCUT2D eigenvalue weighted by Gasteiger charge is -2.23. The number of fused-ring (bicyclic) bond motifs is 3. The molecule has 2 N–H and O–H groups in total. The number of nitrogens with zero attached hydrogens (tertiary/aromatic N) is 2. The summed E-state index contributed by atoms with van der Waals surface area (Å²) in [7, 11) is 1.65. The van der Waals surface area contributed by atoms with Crippen molar-refractivity contribution in [2.45, 2.75) is 18.8 Å². The zero-order valence-corrected chi connectivity index (χ0v) is 13.2. The Kier molecular flexibility index (Phi) is 3.25. The highest BCUT2D eigenvalue weighted by Gasteiger charge is 2.56. The number of rotatable bonds is 3. The molecular weight excluding hydrogens is 292 g/mol. The summed E-state index contributed by atoms with van der Waals surface area (Å²) in [4.78, 5) is 21.1. The first-order valence-electron chi connectivity index (χ1n) is 7.98. The smallest absolute Gasteiger partial charge is 0.321 e. The van der Waals surface area contributed by atoms with Gasteiger partial charge in [0.1, 0.15) is 5.75 Å². The van der Waals surface area contributed by atoms with Crippen molar-refractivity contribution in [2.75, 3.05) is 25.1 Å². The highest BCUT2D eigenvalue weighted by Crippen LogP contribution is 2.64. The Labute approximate surface area is 134 Å². The molecule has 4 rings (SSSR count).